The van der Waals surface area contributed by atoms with Gasteiger partial charge in [0.15, 0.2) is 0 Å². The highest BCUT2D eigenvalue weighted by Crippen LogP contribution is 2.37. The van der Waals surface area contributed by atoms with Crippen LogP contribution in [0.25, 0.3) is 0 Å². The maximum Gasteiger partial charge on any atom is 0.0823 e. The molecule has 0 aromatic carbocycles. The molecule has 2 fully saturated rings. The molecule has 2 aliphatic rings. The lowest BCUT2D eigenvalue weighted by Crippen LogP contribution is -2.41. The van der Waals surface area contributed by atoms with E-state index in [1.54, 1.807) is 0 Å². The van der Waals surface area contributed by atoms with Crippen LogP contribution in [0.1, 0.15) is 46.5 Å². The molecule has 2 heterocycles. The summed E-state index contributed by atoms with van der Waals surface area (Å²) in [5.74, 6) is 0. The third-order valence-corrected chi connectivity index (χ3v) is 3.80. The summed E-state index contributed by atoms with van der Waals surface area (Å²) in [4.78, 5) is 2.59. The number of hydrogen-bond acceptors (Lipinski definition) is 2. The molecule has 0 aliphatic carbocycles. The molecule has 2 nitrogen and oxygen atoms in total. The van der Waals surface area contributed by atoms with Gasteiger partial charge in [-0.15, -0.1) is 0 Å². The standard InChI is InChI=1S/C12H23NO/c1-10(2)13-9-12(8-11(13)3)6-4-5-7-14-12/h10-11H,4-9H2,1-3H3. The van der Waals surface area contributed by atoms with Crippen LogP contribution in [-0.4, -0.2) is 35.7 Å². The Morgan fingerprint density at radius 1 is 1.36 bits per heavy atom. The SMILES string of the molecule is CC(C)N1CC2(CCCCO2)CC1C. The highest BCUT2D eigenvalue weighted by molar-refractivity contribution is 4.98. The summed E-state index contributed by atoms with van der Waals surface area (Å²) < 4.78 is 6.04. The minimum atomic E-state index is 0.224. The molecule has 0 aromatic heterocycles. The van der Waals surface area contributed by atoms with E-state index in [0.717, 1.165) is 13.2 Å². The molecular weight excluding hydrogens is 174 g/mol. The van der Waals surface area contributed by atoms with Gasteiger partial charge in [-0.2, -0.15) is 0 Å². The minimum absolute atomic E-state index is 0.224. The third kappa shape index (κ3) is 1.82. The van der Waals surface area contributed by atoms with Crippen LogP contribution in [-0.2, 0) is 4.74 Å². The van der Waals surface area contributed by atoms with Crippen LogP contribution >= 0.6 is 0 Å². The molecule has 1 spiro atoms. The molecule has 0 radical (unpaired) electrons. The van der Waals surface area contributed by atoms with Gasteiger partial charge in [0.1, 0.15) is 0 Å². The van der Waals surface area contributed by atoms with Gasteiger partial charge in [-0.1, -0.05) is 0 Å². The lowest BCUT2D eigenvalue weighted by Gasteiger charge is -2.34. The van der Waals surface area contributed by atoms with E-state index in [4.69, 9.17) is 4.74 Å². The Morgan fingerprint density at radius 3 is 2.64 bits per heavy atom. The van der Waals surface area contributed by atoms with Gasteiger partial charge in [0.25, 0.3) is 0 Å². The summed E-state index contributed by atoms with van der Waals surface area (Å²) >= 11 is 0. The van der Waals surface area contributed by atoms with Gasteiger partial charge in [-0.25, -0.2) is 0 Å². The molecule has 0 amide bonds. The summed E-state index contributed by atoms with van der Waals surface area (Å²) in [6.07, 6.45) is 5.14. The predicted molar refractivity (Wildman–Crippen MR) is 58.5 cm³/mol. The third-order valence-electron chi connectivity index (χ3n) is 3.80. The highest BCUT2D eigenvalue weighted by atomic mass is 16.5. The summed E-state index contributed by atoms with van der Waals surface area (Å²) in [6, 6.07) is 1.36. The van der Waals surface area contributed by atoms with Gasteiger partial charge in [-0.3, -0.25) is 4.90 Å². The smallest absolute Gasteiger partial charge is 0.0823 e. The topological polar surface area (TPSA) is 12.5 Å². The molecule has 2 rings (SSSR count). The summed E-state index contributed by atoms with van der Waals surface area (Å²) in [5.41, 5.74) is 0.224. The van der Waals surface area contributed by atoms with Crippen LogP contribution in [0.4, 0.5) is 0 Å². The van der Waals surface area contributed by atoms with Crippen LogP contribution in [0.15, 0.2) is 0 Å². The second kappa shape index (κ2) is 3.82. The molecule has 82 valence electrons. The van der Waals surface area contributed by atoms with Gasteiger partial charge in [0.05, 0.1) is 5.60 Å². The van der Waals surface area contributed by atoms with Gasteiger partial charge in [0, 0.05) is 25.2 Å². The molecule has 2 heteroatoms. The molecule has 2 aliphatic heterocycles. The minimum Gasteiger partial charge on any atom is -0.374 e. The molecule has 2 unspecified atom stereocenters. The van der Waals surface area contributed by atoms with Crippen LogP contribution in [0.5, 0.6) is 0 Å². The Hall–Kier alpha value is -0.0800. The Balaban J connectivity index is 2.03. The van der Waals surface area contributed by atoms with Crippen molar-refractivity contribution in [3.05, 3.63) is 0 Å². The highest BCUT2D eigenvalue weighted by Gasteiger charge is 2.44. The molecular formula is C12H23NO. The van der Waals surface area contributed by atoms with Crippen molar-refractivity contribution in [1.82, 2.24) is 4.90 Å². The monoisotopic (exact) mass is 197 g/mol. The van der Waals surface area contributed by atoms with E-state index in [0.29, 0.717) is 12.1 Å². The van der Waals surface area contributed by atoms with Crippen molar-refractivity contribution in [3.8, 4) is 0 Å². The molecule has 0 bridgehead atoms. The van der Waals surface area contributed by atoms with E-state index in [9.17, 15) is 0 Å². The van der Waals surface area contributed by atoms with E-state index in [2.05, 4.69) is 25.7 Å². The van der Waals surface area contributed by atoms with E-state index in [1.807, 2.05) is 0 Å². The summed E-state index contributed by atoms with van der Waals surface area (Å²) in [6.45, 7) is 9.06. The zero-order valence-corrected chi connectivity index (χ0v) is 9.75. The average Bonchev–Trinajstić information content (AvgIpc) is 2.44. The largest absolute Gasteiger partial charge is 0.374 e. The van der Waals surface area contributed by atoms with Crippen LogP contribution < -0.4 is 0 Å². The fourth-order valence-electron chi connectivity index (χ4n) is 3.10. The predicted octanol–water partition coefficient (Wildman–Crippen LogP) is 2.43. The van der Waals surface area contributed by atoms with Crippen molar-refractivity contribution >= 4 is 0 Å². The second-order valence-corrected chi connectivity index (χ2v) is 5.31. The van der Waals surface area contributed by atoms with E-state index >= 15 is 0 Å². The van der Waals surface area contributed by atoms with Crippen molar-refractivity contribution in [3.63, 3.8) is 0 Å². The molecule has 14 heavy (non-hydrogen) atoms. The van der Waals surface area contributed by atoms with Crippen LogP contribution in [0, 0.1) is 0 Å². The van der Waals surface area contributed by atoms with Gasteiger partial charge >= 0.3 is 0 Å². The van der Waals surface area contributed by atoms with Gasteiger partial charge in [0.2, 0.25) is 0 Å². The van der Waals surface area contributed by atoms with Gasteiger partial charge < -0.3 is 4.74 Å². The normalized spacial score (nSPS) is 39.9. The Labute approximate surface area is 87.6 Å². The first kappa shape index (κ1) is 10.4. The van der Waals surface area contributed by atoms with Crippen molar-refractivity contribution in [2.45, 2.75) is 64.1 Å². The Kier molecular flexibility index (Phi) is 2.85. The number of hydrogen-bond donors (Lipinski definition) is 0. The Morgan fingerprint density at radius 2 is 2.14 bits per heavy atom. The average molecular weight is 197 g/mol. The number of rotatable bonds is 1. The van der Waals surface area contributed by atoms with E-state index < -0.39 is 0 Å². The Bertz CT molecular complexity index is 196. The molecule has 2 atom stereocenters. The van der Waals surface area contributed by atoms with Crippen molar-refractivity contribution in [2.24, 2.45) is 0 Å². The first-order valence-electron chi connectivity index (χ1n) is 6.03. The zero-order chi connectivity index (χ0) is 10.2. The number of likely N-dealkylation sites (tertiary alicyclic amines) is 1. The zero-order valence-electron chi connectivity index (χ0n) is 9.75. The molecule has 0 aromatic rings. The number of ether oxygens (including phenoxy) is 1. The van der Waals surface area contributed by atoms with Crippen molar-refractivity contribution < 1.29 is 4.74 Å². The fraction of sp³-hybridized carbons (Fsp3) is 1.00. The van der Waals surface area contributed by atoms with Crippen molar-refractivity contribution in [2.75, 3.05) is 13.2 Å². The lowest BCUT2D eigenvalue weighted by atomic mass is 9.91. The maximum atomic E-state index is 6.04. The molecule has 0 N–H and O–H groups in total. The first-order chi connectivity index (χ1) is 6.63. The van der Waals surface area contributed by atoms with Crippen LogP contribution in [0.3, 0.4) is 0 Å². The van der Waals surface area contributed by atoms with E-state index in [1.165, 1.54) is 25.7 Å². The number of nitrogens with zero attached hydrogens (tertiary/aromatic N) is 1. The second-order valence-electron chi connectivity index (χ2n) is 5.31. The summed E-state index contributed by atoms with van der Waals surface area (Å²) in [7, 11) is 0. The van der Waals surface area contributed by atoms with Crippen molar-refractivity contribution in [1.29, 1.82) is 0 Å². The maximum absolute atomic E-state index is 6.04. The lowest BCUT2D eigenvalue weighted by molar-refractivity contribution is -0.0709. The fourth-order valence-corrected chi connectivity index (χ4v) is 3.10. The summed E-state index contributed by atoms with van der Waals surface area (Å²) in [5, 5.41) is 0. The van der Waals surface area contributed by atoms with E-state index in [-0.39, 0.29) is 5.60 Å². The quantitative estimate of drug-likeness (QED) is 0.640. The van der Waals surface area contributed by atoms with Gasteiger partial charge in [-0.05, 0) is 46.5 Å². The van der Waals surface area contributed by atoms with Crippen LogP contribution in [0.2, 0.25) is 0 Å². The first-order valence-corrected chi connectivity index (χ1v) is 6.03. The molecule has 2 saturated heterocycles. The molecule has 0 saturated carbocycles.